The monoisotopic (exact) mass is 440 g/mol. The van der Waals surface area contributed by atoms with Gasteiger partial charge in [0.25, 0.3) is 0 Å². The largest absolute Gasteiger partial charge is 0.390 e. The minimum atomic E-state index is -0.518. The molecule has 0 aliphatic carbocycles. The molecule has 2 aromatic carbocycles. The summed E-state index contributed by atoms with van der Waals surface area (Å²) in [7, 11) is 0. The zero-order chi connectivity index (χ0) is 22.6. The summed E-state index contributed by atoms with van der Waals surface area (Å²) >= 11 is 1.65. The van der Waals surface area contributed by atoms with Crippen molar-refractivity contribution in [3.63, 3.8) is 0 Å². The highest BCUT2D eigenvalue weighted by atomic mass is 32.1. The van der Waals surface area contributed by atoms with Gasteiger partial charge in [-0.2, -0.15) is 0 Å². The molecule has 0 radical (unpaired) electrons. The van der Waals surface area contributed by atoms with E-state index in [1.165, 1.54) is 16.5 Å². The van der Waals surface area contributed by atoms with E-state index in [1.807, 2.05) is 12.1 Å². The molecule has 0 amide bonds. The first-order valence-electron chi connectivity index (χ1n) is 11.0. The van der Waals surface area contributed by atoms with E-state index in [9.17, 15) is 5.11 Å². The third kappa shape index (κ3) is 3.24. The van der Waals surface area contributed by atoms with Crippen molar-refractivity contribution in [2.75, 3.05) is 5.32 Å². The number of hydrogen-bond donors (Lipinski definition) is 3. The number of rotatable bonds is 1. The minimum Gasteiger partial charge on any atom is -0.390 e. The van der Waals surface area contributed by atoms with E-state index in [0.717, 1.165) is 38.3 Å². The predicted octanol–water partition coefficient (Wildman–Crippen LogP) is 6.58. The number of aryl methyl sites for hydroxylation is 2. The highest BCUT2D eigenvalue weighted by Gasteiger charge is 2.40. The first-order chi connectivity index (χ1) is 15.3. The number of hydrogen-bond acceptors (Lipinski definition) is 3. The van der Waals surface area contributed by atoms with Crippen LogP contribution >= 0.6 is 11.3 Å². The molecule has 0 saturated heterocycles. The molecule has 0 saturated carbocycles. The van der Waals surface area contributed by atoms with E-state index in [4.69, 9.17) is 0 Å². The Kier molecular flexibility index (Phi) is 4.93. The summed E-state index contributed by atoms with van der Waals surface area (Å²) in [4.78, 5) is 4.51. The zero-order valence-electron chi connectivity index (χ0n) is 19.1. The molecular weight excluding hydrogens is 412 g/mol. The third-order valence-corrected chi connectivity index (χ3v) is 7.51. The van der Waals surface area contributed by atoms with Crippen LogP contribution < -0.4 is 5.32 Å². The van der Waals surface area contributed by atoms with Gasteiger partial charge in [-0.1, -0.05) is 43.0 Å². The summed E-state index contributed by atoms with van der Waals surface area (Å²) in [5.74, 6) is 6.85. The van der Waals surface area contributed by atoms with Crippen LogP contribution in [-0.4, -0.2) is 21.7 Å². The van der Waals surface area contributed by atoms with E-state index in [1.54, 1.807) is 11.3 Å². The summed E-state index contributed by atoms with van der Waals surface area (Å²) in [5, 5.41) is 18.0. The Morgan fingerprint density at radius 1 is 1.03 bits per heavy atom. The van der Waals surface area contributed by atoms with Crippen LogP contribution in [0.3, 0.4) is 0 Å². The summed E-state index contributed by atoms with van der Waals surface area (Å²) in [6.07, 6.45) is 1.54. The number of aliphatic hydroxyl groups is 1. The average Bonchev–Trinajstić information content (AvgIpc) is 3.42. The second-order valence-electron chi connectivity index (χ2n) is 9.41. The maximum Gasteiger partial charge on any atom is 0.0831 e. The Morgan fingerprint density at radius 2 is 1.84 bits per heavy atom. The number of thiophene rings is 1. The van der Waals surface area contributed by atoms with Gasteiger partial charge in [-0.15, -0.1) is 11.3 Å². The first kappa shape index (κ1) is 20.9. The Hall–Kier alpha value is -3.00. The maximum absolute atomic E-state index is 11.1. The van der Waals surface area contributed by atoms with Crippen molar-refractivity contribution >= 4 is 27.9 Å². The van der Waals surface area contributed by atoms with Crippen LogP contribution in [0.5, 0.6) is 0 Å². The van der Waals surface area contributed by atoms with Gasteiger partial charge in [0.2, 0.25) is 0 Å². The number of anilines is 1. The van der Waals surface area contributed by atoms with Gasteiger partial charge in [0.05, 0.1) is 22.0 Å². The molecule has 5 rings (SSSR count). The molecule has 2 aromatic heterocycles. The lowest BCUT2D eigenvalue weighted by Crippen LogP contribution is -2.50. The van der Waals surface area contributed by atoms with Crippen molar-refractivity contribution < 1.29 is 5.11 Å². The van der Waals surface area contributed by atoms with Gasteiger partial charge < -0.3 is 15.4 Å². The van der Waals surface area contributed by atoms with E-state index in [0.29, 0.717) is 0 Å². The molecule has 162 valence electrons. The minimum absolute atomic E-state index is 0.0443. The van der Waals surface area contributed by atoms with Gasteiger partial charge in [0.15, 0.2) is 0 Å². The second kappa shape index (κ2) is 7.55. The quantitative estimate of drug-likeness (QED) is 0.293. The SMILES string of the molecule is Cc1cc(-c2cccc3c(C)c[nH]c23)c(C#Cc2cccs2)c2c1NC(C)(C)C(O)C2C. The van der Waals surface area contributed by atoms with Gasteiger partial charge in [-0.25, -0.2) is 0 Å². The molecule has 32 heavy (non-hydrogen) atoms. The van der Waals surface area contributed by atoms with Gasteiger partial charge in [0.1, 0.15) is 0 Å². The van der Waals surface area contributed by atoms with E-state index >= 15 is 0 Å². The number of para-hydroxylation sites is 1. The molecule has 1 aliphatic rings. The number of aromatic nitrogens is 1. The average molecular weight is 441 g/mol. The number of benzene rings is 2. The highest BCUT2D eigenvalue weighted by Crippen LogP contribution is 2.46. The molecule has 3 nitrogen and oxygen atoms in total. The van der Waals surface area contributed by atoms with Crippen molar-refractivity contribution in [3.8, 4) is 23.0 Å². The Bertz CT molecular complexity index is 1380. The molecule has 3 heterocycles. The molecule has 3 N–H and O–H groups in total. The molecule has 0 fully saturated rings. The molecule has 0 bridgehead atoms. The predicted molar refractivity (Wildman–Crippen MR) is 136 cm³/mol. The van der Waals surface area contributed by atoms with Crippen molar-refractivity contribution in [2.45, 2.75) is 52.2 Å². The van der Waals surface area contributed by atoms with Crippen LogP contribution in [0.25, 0.3) is 22.0 Å². The molecule has 4 aromatic rings. The smallest absolute Gasteiger partial charge is 0.0831 e. The first-order valence-corrected chi connectivity index (χ1v) is 11.9. The standard InChI is InChI=1S/C28H28N2OS/c1-16-14-23(22-10-6-9-20-17(2)15-29-26(20)22)21(12-11-19-8-7-13-32-19)24-18(3)27(31)28(4,5)30-25(16)24/h6-10,13-15,18,27,29-31H,1-5H3. The van der Waals surface area contributed by atoms with Gasteiger partial charge in [-0.05, 0) is 61.9 Å². The topological polar surface area (TPSA) is 48.0 Å². The second-order valence-corrected chi connectivity index (χ2v) is 10.4. The lowest BCUT2D eigenvalue weighted by atomic mass is 9.75. The highest BCUT2D eigenvalue weighted by molar-refractivity contribution is 7.10. The number of aromatic amines is 1. The fourth-order valence-corrected chi connectivity index (χ4v) is 5.55. The zero-order valence-corrected chi connectivity index (χ0v) is 19.9. The normalized spacial score (nSPS) is 19.2. The summed E-state index contributed by atoms with van der Waals surface area (Å²) < 4.78 is 0. The van der Waals surface area contributed by atoms with Gasteiger partial charge >= 0.3 is 0 Å². The van der Waals surface area contributed by atoms with Crippen molar-refractivity contribution in [2.24, 2.45) is 0 Å². The lowest BCUT2D eigenvalue weighted by Gasteiger charge is -2.43. The molecule has 0 spiro atoms. The molecular formula is C28H28N2OS. The van der Waals surface area contributed by atoms with E-state index < -0.39 is 11.6 Å². The number of aliphatic hydroxyl groups excluding tert-OH is 1. The summed E-state index contributed by atoms with van der Waals surface area (Å²) in [5.41, 5.74) is 8.57. The molecule has 4 heteroatoms. The number of nitrogens with one attached hydrogen (secondary N) is 2. The Labute approximate surface area is 193 Å². The summed E-state index contributed by atoms with van der Waals surface area (Å²) in [6.45, 7) is 10.5. The Morgan fingerprint density at radius 3 is 2.59 bits per heavy atom. The summed E-state index contributed by atoms with van der Waals surface area (Å²) in [6, 6.07) is 12.8. The van der Waals surface area contributed by atoms with Crippen LogP contribution in [0.15, 0.2) is 48.0 Å². The lowest BCUT2D eigenvalue weighted by molar-refractivity contribution is 0.0868. The van der Waals surface area contributed by atoms with Crippen LogP contribution in [0.4, 0.5) is 5.69 Å². The van der Waals surface area contributed by atoms with Gasteiger partial charge in [-0.3, -0.25) is 0 Å². The molecule has 2 atom stereocenters. The van der Waals surface area contributed by atoms with Crippen LogP contribution in [0.1, 0.15) is 53.8 Å². The van der Waals surface area contributed by atoms with Crippen molar-refractivity contribution in [1.82, 2.24) is 4.98 Å². The van der Waals surface area contributed by atoms with Crippen LogP contribution in [0.2, 0.25) is 0 Å². The molecule has 1 aliphatic heterocycles. The number of H-pyrrole nitrogens is 1. The molecule has 2 unspecified atom stereocenters. The van der Waals surface area contributed by atoms with Crippen molar-refractivity contribution in [3.05, 3.63) is 75.1 Å². The van der Waals surface area contributed by atoms with Crippen molar-refractivity contribution in [1.29, 1.82) is 0 Å². The fraction of sp³-hybridized carbons (Fsp3) is 0.286. The van der Waals surface area contributed by atoms with Crippen LogP contribution in [-0.2, 0) is 0 Å². The van der Waals surface area contributed by atoms with Gasteiger partial charge in [0, 0.05) is 39.9 Å². The third-order valence-electron chi connectivity index (χ3n) is 6.72. The van der Waals surface area contributed by atoms with E-state index in [-0.39, 0.29) is 5.92 Å². The fourth-order valence-electron chi connectivity index (χ4n) is 4.98. The Balaban J connectivity index is 1.84. The van der Waals surface area contributed by atoms with Crippen LogP contribution in [0, 0.1) is 25.7 Å². The van der Waals surface area contributed by atoms with E-state index in [2.05, 4.69) is 92.6 Å². The number of fused-ring (bicyclic) bond motifs is 2. The maximum atomic E-state index is 11.1.